The van der Waals surface area contributed by atoms with E-state index in [4.69, 9.17) is 4.74 Å². The maximum atomic E-state index is 14.4. The molecule has 0 aromatic heterocycles. The molecule has 2 aliphatic heterocycles. The van der Waals surface area contributed by atoms with Gasteiger partial charge in [-0.1, -0.05) is 80.6 Å². The summed E-state index contributed by atoms with van der Waals surface area (Å²) in [5.74, 6) is -0.0644. The van der Waals surface area contributed by atoms with E-state index in [1.54, 1.807) is 26.0 Å². The van der Waals surface area contributed by atoms with Gasteiger partial charge in [0.05, 0.1) is 25.2 Å². The fraction of sp³-hybridized carbons (Fsp3) is 0.382. The van der Waals surface area contributed by atoms with E-state index >= 15 is 0 Å². The Bertz CT molecular complexity index is 1400. The number of fused-ring (bicyclic) bond motifs is 3. The van der Waals surface area contributed by atoms with Crippen molar-refractivity contribution < 1.29 is 19.1 Å². The summed E-state index contributed by atoms with van der Waals surface area (Å²) in [4.78, 5) is 43.5. The smallest absolute Gasteiger partial charge is 0.246 e. The van der Waals surface area contributed by atoms with Crippen LogP contribution < -0.4 is 20.7 Å². The second-order valence-corrected chi connectivity index (χ2v) is 12.0. The number of methoxy groups -OCH3 is 1. The molecular formula is C34H40N4O4. The number of hydrogen-bond acceptors (Lipinski definition) is 5. The molecule has 0 radical (unpaired) electrons. The lowest BCUT2D eigenvalue weighted by Gasteiger charge is -2.35. The van der Waals surface area contributed by atoms with Gasteiger partial charge in [0.25, 0.3) is 0 Å². The Morgan fingerprint density at radius 3 is 2.17 bits per heavy atom. The minimum atomic E-state index is -0.811. The van der Waals surface area contributed by atoms with E-state index in [2.05, 4.69) is 16.0 Å². The van der Waals surface area contributed by atoms with Crippen LogP contribution in [0, 0.1) is 5.41 Å². The topological polar surface area (TPSA) is 99.8 Å². The van der Waals surface area contributed by atoms with Crippen molar-refractivity contribution in [2.24, 2.45) is 5.41 Å². The van der Waals surface area contributed by atoms with Crippen molar-refractivity contribution in [3.63, 3.8) is 0 Å². The van der Waals surface area contributed by atoms with Gasteiger partial charge < -0.3 is 25.6 Å². The highest BCUT2D eigenvalue weighted by Crippen LogP contribution is 2.50. The number of rotatable bonds is 8. The molecule has 0 aliphatic carbocycles. The number of ether oxygens (including phenoxy) is 1. The third-order valence-electron chi connectivity index (χ3n) is 8.71. The summed E-state index contributed by atoms with van der Waals surface area (Å²) in [7, 11) is 3.32. The SMILES string of the molecule is CN[C@@H](C)C(=O)N[C@H]1Cc2ccc(OC)cc2C2CC(C)(C)C(C(=O)NC(c3ccccc3)c3ccccc3)N2C1=O. The van der Waals surface area contributed by atoms with Gasteiger partial charge in [-0.2, -0.15) is 0 Å². The largest absolute Gasteiger partial charge is 0.497 e. The number of amides is 3. The van der Waals surface area contributed by atoms with Crippen LogP contribution in [0.1, 0.15) is 61.5 Å². The molecular weight excluding hydrogens is 528 g/mol. The van der Waals surface area contributed by atoms with E-state index in [1.165, 1.54) is 0 Å². The minimum absolute atomic E-state index is 0.228. The molecule has 0 bridgehead atoms. The van der Waals surface area contributed by atoms with Crippen LogP contribution in [0.5, 0.6) is 5.75 Å². The van der Waals surface area contributed by atoms with Gasteiger partial charge in [0, 0.05) is 6.42 Å². The zero-order valence-corrected chi connectivity index (χ0v) is 24.9. The maximum Gasteiger partial charge on any atom is 0.246 e. The van der Waals surface area contributed by atoms with Crippen molar-refractivity contribution >= 4 is 17.7 Å². The highest BCUT2D eigenvalue weighted by atomic mass is 16.5. The highest BCUT2D eigenvalue weighted by Gasteiger charge is 2.55. The number of nitrogens with one attached hydrogen (secondary N) is 3. The average Bonchev–Trinajstić information content (AvgIpc) is 3.24. The standard InChI is InChI=1S/C34H40N4O4/c1-21(35-4)31(39)36-27-18-24-16-17-25(42-5)19-26(24)28-20-34(2,3)30(38(28)33(27)41)32(40)37-29(22-12-8-6-9-13-22)23-14-10-7-11-15-23/h6-17,19,21,27-30,35H,18,20H2,1-5H3,(H,36,39)(H,37,40)/t21-,27-,28?,30?/m0/s1. The van der Waals surface area contributed by atoms with E-state index in [0.29, 0.717) is 18.6 Å². The van der Waals surface area contributed by atoms with Gasteiger partial charge in [0.2, 0.25) is 17.7 Å². The summed E-state index contributed by atoms with van der Waals surface area (Å²) in [5.41, 5.74) is 3.27. The zero-order chi connectivity index (χ0) is 30.0. The van der Waals surface area contributed by atoms with Crippen molar-refractivity contribution in [2.45, 2.75) is 63.8 Å². The number of hydrogen-bond donors (Lipinski definition) is 3. The molecule has 4 atom stereocenters. The molecule has 5 rings (SSSR count). The van der Waals surface area contributed by atoms with Crippen LogP contribution in [0.3, 0.4) is 0 Å². The molecule has 8 nitrogen and oxygen atoms in total. The van der Waals surface area contributed by atoms with Crippen molar-refractivity contribution in [2.75, 3.05) is 14.2 Å². The van der Waals surface area contributed by atoms with Gasteiger partial charge >= 0.3 is 0 Å². The molecule has 1 saturated heterocycles. The summed E-state index contributed by atoms with van der Waals surface area (Å²) in [6, 6.07) is 22.7. The number of carbonyl (C=O) groups excluding carboxylic acids is 3. The highest BCUT2D eigenvalue weighted by molar-refractivity contribution is 5.95. The van der Waals surface area contributed by atoms with E-state index < -0.39 is 29.6 Å². The first-order valence-corrected chi connectivity index (χ1v) is 14.5. The van der Waals surface area contributed by atoms with Gasteiger partial charge in [0.15, 0.2) is 0 Å². The third kappa shape index (κ3) is 5.63. The predicted octanol–water partition coefficient (Wildman–Crippen LogP) is 3.92. The van der Waals surface area contributed by atoms with Crippen LogP contribution in [0.4, 0.5) is 0 Å². The summed E-state index contributed by atoms with van der Waals surface area (Å²) in [6.07, 6.45) is 0.921. The van der Waals surface area contributed by atoms with Gasteiger partial charge in [-0.15, -0.1) is 0 Å². The minimum Gasteiger partial charge on any atom is -0.497 e. The Labute approximate surface area is 247 Å². The molecule has 2 unspecified atom stereocenters. The van der Waals surface area contributed by atoms with Gasteiger partial charge in [-0.25, -0.2) is 0 Å². The number of benzene rings is 3. The monoisotopic (exact) mass is 568 g/mol. The first-order valence-electron chi connectivity index (χ1n) is 14.5. The molecule has 3 N–H and O–H groups in total. The summed E-state index contributed by atoms with van der Waals surface area (Å²) >= 11 is 0. The lowest BCUT2D eigenvalue weighted by molar-refractivity contribution is -0.145. The van der Waals surface area contributed by atoms with Crippen molar-refractivity contribution in [3.8, 4) is 5.75 Å². The average molecular weight is 569 g/mol. The van der Waals surface area contributed by atoms with Crippen LogP contribution in [0.2, 0.25) is 0 Å². The second kappa shape index (κ2) is 12.0. The van der Waals surface area contributed by atoms with Crippen molar-refractivity contribution in [3.05, 3.63) is 101 Å². The molecule has 3 amide bonds. The number of likely N-dealkylation sites (N-methyl/N-ethyl adjacent to an activating group) is 1. The second-order valence-electron chi connectivity index (χ2n) is 12.0. The van der Waals surface area contributed by atoms with Crippen LogP contribution in [-0.2, 0) is 20.8 Å². The first kappa shape index (κ1) is 29.3. The van der Waals surface area contributed by atoms with E-state index in [9.17, 15) is 14.4 Å². The quantitative estimate of drug-likeness (QED) is 0.383. The van der Waals surface area contributed by atoms with Gasteiger partial charge in [-0.3, -0.25) is 14.4 Å². The van der Waals surface area contributed by atoms with Crippen molar-refractivity contribution in [1.82, 2.24) is 20.9 Å². The summed E-state index contributed by atoms with van der Waals surface area (Å²) < 4.78 is 5.55. The zero-order valence-electron chi connectivity index (χ0n) is 24.9. The van der Waals surface area contributed by atoms with Gasteiger partial charge in [0.1, 0.15) is 17.8 Å². The van der Waals surface area contributed by atoms with E-state index in [0.717, 1.165) is 22.3 Å². The molecule has 0 saturated carbocycles. The molecule has 3 aromatic carbocycles. The van der Waals surface area contributed by atoms with E-state index in [-0.39, 0.29) is 23.8 Å². The molecule has 3 aromatic rings. The van der Waals surface area contributed by atoms with Crippen LogP contribution in [-0.4, -0.2) is 54.9 Å². The summed E-state index contributed by atoms with van der Waals surface area (Å²) in [5, 5.41) is 9.20. The maximum absolute atomic E-state index is 14.4. The Morgan fingerprint density at radius 2 is 1.60 bits per heavy atom. The Morgan fingerprint density at radius 1 is 0.976 bits per heavy atom. The fourth-order valence-electron chi connectivity index (χ4n) is 6.38. The molecule has 1 fully saturated rings. The lowest BCUT2D eigenvalue weighted by Crippen LogP contribution is -2.57. The summed E-state index contributed by atoms with van der Waals surface area (Å²) in [6.45, 7) is 5.83. The van der Waals surface area contributed by atoms with Crippen molar-refractivity contribution in [1.29, 1.82) is 0 Å². The van der Waals surface area contributed by atoms with Gasteiger partial charge in [-0.05, 0) is 60.2 Å². The third-order valence-corrected chi connectivity index (χ3v) is 8.71. The Balaban J connectivity index is 1.56. The Kier molecular flexibility index (Phi) is 8.36. The van der Waals surface area contributed by atoms with Crippen LogP contribution in [0.15, 0.2) is 78.9 Å². The number of carbonyl (C=O) groups is 3. The molecule has 220 valence electrons. The first-order chi connectivity index (χ1) is 20.1. The number of nitrogens with zero attached hydrogens (tertiary/aromatic N) is 1. The molecule has 2 heterocycles. The predicted molar refractivity (Wildman–Crippen MR) is 162 cm³/mol. The normalized spacial score (nSPS) is 21.6. The Hall–Kier alpha value is -4.17. The molecule has 2 aliphatic rings. The van der Waals surface area contributed by atoms with Crippen LogP contribution >= 0.6 is 0 Å². The van der Waals surface area contributed by atoms with E-state index in [1.807, 2.05) is 92.7 Å². The fourth-order valence-corrected chi connectivity index (χ4v) is 6.38. The molecule has 8 heteroatoms. The molecule has 42 heavy (non-hydrogen) atoms. The van der Waals surface area contributed by atoms with Crippen LogP contribution in [0.25, 0.3) is 0 Å². The molecule has 0 spiro atoms. The lowest BCUT2D eigenvalue weighted by atomic mass is 9.81.